The summed E-state index contributed by atoms with van der Waals surface area (Å²) < 4.78 is 24.4. The van der Waals surface area contributed by atoms with Crippen molar-refractivity contribution in [2.24, 2.45) is 0 Å². The molecule has 0 atom stereocenters. The molecule has 0 spiro atoms. The van der Waals surface area contributed by atoms with Gasteiger partial charge in [-0.1, -0.05) is 0 Å². The molecule has 14 heavy (non-hydrogen) atoms. The number of sulfonamides is 1. The highest BCUT2D eigenvalue weighted by Gasteiger charge is 2.34. The van der Waals surface area contributed by atoms with Gasteiger partial charge in [0.25, 0.3) is 0 Å². The number of alkyl halides is 2. The largest absolute Gasteiger partial charge is 0.219 e. The Morgan fingerprint density at radius 2 is 1.43 bits per heavy atom. The van der Waals surface area contributed by atoms with Crippen LogP contribution in [0.1, 0.15) is 20.8 Å². The van der Waals surface area contributed by atoms with E-state index in [4.69, 9.17) is 23.2 Å². The van der Waals surface area contributed by atoms with Gasteiger partial charge in [0.15, 0.2) is 0 Å². The van der Waals surface area contributed by atoms with Gasteiger partial charge in [-0.2, -0.15) is 4.31 Å². The summed E-state index contributed by atoms with van der Waals surface area (Å²) in [5.41, 5.74) is 0. The molecule has 0 aromatic carbocycles. The van der Waals surface area contributed by atoms with Gasteiger partial charge in [-0.3, -0.25) is 0 Å². The van der Waals surface area contributed by atoms with Crippen LogP contribution in [0.25, 0.3) is 0 Å². The third kappa shape index (κ3) is 3.57. The molecule has 0 bridgehead atoms. The van der Waals surface area contributed by atoms with Gasteiger partial charge in [0.2, 0.25) is 10.0 Å². The maximum atomic E-state index is 11.9. The first-order chi connectivity index (χ1) is 6.27. The Kier molecular flexibility index (Phi) is 5.73. The average molecular weight is 262 g/mol. The number of rotatable bonds is 5. The van der Waals surface area contributed by atoms with E-state index < -0.39 is 14.8 Å². The van der Waals surface area contributed by atoms with Crippen molar-refractivity contribution in [1.29, 1.82) is 0 Å². The highest BCUT2D eigenvalue weighted by atomic mass is 35.5. The van der Waals surface area contributed by atoms with E-state index in [2.05, 4.69) is 0 Å². The van der Waals surface area contributed by atoms with E-state index in [-0.39, 0.29) is 11.8 Å². The Bertz CT molecular complexity index is 253. The summed E-state index contributed by atoms with van der Waals surface area (Å²) in [5, 5.41) is 0. The number of nitrogens with zero attached hydrogens (tertiary/aromatic N) is 1. The zero-order valence-corrected chi connectivity index (χ0v) is 11.1. The Morgan fingerprint density at radius 1 is 1.07 bits per heavy atom. The predicted molar refractivity (Wildman–Crippen MR) is 61.7 cm³/mol. The maximum Gasteiger partial charge on any atom is 0.219 e. The summed E-state index contributed by atoms with van der Waals surface area (Å²) in [6.45, 7) is 5.62. The van der Waals surface area contributed by atoms with Crippen LogP contribution in [-0.2, 0) is 10.0 Å². The zero-order chi connectivity index (χ0) is 11.4. The van der Waals surface area contributed by atoms with Crippen LogP contribution in [0, 0.1) is 0 Å². The molecule has 0 heterocycles. The van der Waals surface area contributed by atoms with E-state index in [9.17, 15) is 8.42 Å². The summed E-state index contributed by atoms with van der Waals surface area (Å²) in [6, 6.07) is 0. The van der Waals surface area contributed by atoms with Crippen molar-refractivity contribution in [2.45, 2.75) is 25.5 Å². The summed E-state index contributed by atoms with van der Waals surface area (Å²) >= 11 is 11.1. The van der Waals surface area contributed by atoms with Crippen LogP contribution in [-0.4, -0.2) is 42.3 Å². The fourth-order valence-corrected chi connectivity index (χ4v) is 2.97. The molecule has 0 aliphatic carbocycles. The van der Waals surface area contributed by atoms with E-state index in [0.29, 0.717) is 13.1 Å². The first-order valence-electron chi connectivity index (χ1n) is 4.39. The standard InChI is InChI=1S/C8H17Cl2NO2S/c1-8(2,3)14(12,13)11(6-4-9)7-5-10/h4-7H2,1-3H3. The smallest absolute Gasteiger partial charge is 0.212 e. The highest BCUT2D eigenvalue weighted by molar-refractivity contribution is 7.90. The van der Waals surface area contributed by atoms with E-state index in [1.807, 2.05) is 0 Å². The van der Waals surface area contributed by atoms with Crippen molar-refractivity contribution in [3.05, 3.63) is 0 Å². The van der Waals surface area contributed by atoms with Gasteiger partial charge in [0.1, 0.15) is 0 Å². The number of hydrogen-bond acceptors (Lipinski definition) is 2. The monoisotopic (exact) mass is 261 g/mol. The second-order valence-corrected chi connectivity index (χ2v) is 7.34. The fourth-order valence-electron chi connectivity index (χ4n) is 0.928. The van der Waals surface area contributed by atoms with Crippen molar-refractivity contribution >= 4 is 33.2 Å². The van der Waals surface area contributed by atoms with Crippen molar-refractivity contribution in [1.82, 2.24) is 4.31 Å². The molecule has 0 unspecified atom stereocenters. The van der Waals surface area contributed by atoms with Gasteiger partial charge >= 0.3 is 0 Å². The molecule has 0 amide bonds. The summed E-state index contributed by atoms with van der Waals surface area (Å²) in [4.78, 5) is 0. The van der Waals surface area contributed by atoms with Crippen LogP contribution < -0.4 is 0 Å². The van der Waals surface area contributed by atoms with Gasteiger partial charge in [-0.25, -0.2) is 8.42 Å². The minimum absolute atomic E-state index is 0.284. The van der Waals surface area contributed by atoms with Crippen LogP contribution in [0.5, 0.6) is 0 Å². The van der Waals surface area contributed by atoms with Crippen molar-refractivity contribution in [3.63, 3.8) is 0 Å². The molecular weight excluding hydrogens is 245 g/mol. The van der Waals surface area contributed by atoms with Crippen LogP contribution in [0.4, 0.5) is 0 Å². The lowest BCUT2D eigenvalue weighted by atomic mass is 10.3. The summed E-state index contributed by atoms with van der Waals surface area (Å²) in [7, 11) is -3.30. The molecule has 0 aliphatic rings. The lowest BCUT2D eigenvalue weighted by Gasteiger charge is -2.28. The third-order valence-electron chi connectivity index (χ3n) is 1.78. The lowest BCUT2D eigenvalue weighted by molar-refractivity contribution is 0.426. The Hall–Kier alpha value is 0.490. The SMILES string of the molecule is CC(C)(C)S(=O)(=O)N(CCCl)CCCl. The second kappa shape index (κ2) is 5.54. The minimum atomic E-state index is -3.30. The Morgan fingerprint density at radius 3 is 1.64 bits per heavy atom. The number of halogens is 2. The highest BCUT2D eigenvalue weighted by Crippen LogP contribution is 2.19. The summed E-state index contributed by atoms with van der Waals surface area (Å²) in [6.07, 6.45) is 0. The van der Waals surface area contributed by atoms with Gasteiger partial charge < -0.3 is 0 Å². The molecule has 0 aromatic rings. The molecule has 0 aromatic heterocycles. The maximum absolute atomic E-state index is 11.9. The average Bonchev–Trinajstić information content (AvgIpc) is 2.02. The van der Waals surface area contributed by atoms with Crippen LogP contribution in [0.2, 0.25) is 0 Å². The van der Waals surface area contributed by atoms with Crippen molar-refractivity contribution in [3.8, 4) is 0 Å². The lowest BCUT2D eigenvalue weighted by Crippen LogP contribution is -2.44. The van der Waals surface area contributed by atoms with E-state index in [0.717, 1.165) is 0 Å². The molecular formula is C8H17Cl2NO2S. The van der Waals surface area contributed by atoms with Crippen LogP contribution in [0.15, 0.2) is 0 Å². The first kappa shape index (κ1) is 14.5. The van der Waals surface area contributed by atoms with E-state index in [1.165, 1.54) is 4.31 Å². The minimum Gasteiger partial charge on any atom is -0.212 e. The molecule has 0 saturated heterocycles. The molecule has 0 N–H and O–H groups in total. The van der Waals surface area contributed by atoms with Crippen molar-refractivity contribution < 1.29 is 8.42 Å². The number of hydrogen-bond donors (Lipinski definition) is 0. The topological polar surface area (TPSA) is 37.4 Å². The Labute approximate surface area is 96.4 Å². The fraction of sp³-hybridized carbons (Fsp3) is 1.00. The molecule has 0 aliphatic heterocycles. The molecule has 0 fully saturated rings. The first-order valence-corrected chi connectivity index (χ1v) is 6.90. The molecule has 86 valence electrons. The van der Waals surface area contributed by atoms with Gasteiger partial charge in [-0.15, -0.1) is 23.2 Å². The third-order valence-corrected chi connectivity index (χ3v) is 4.71. The zero-order valence-electron chi connectivity index (χ0n) is 8.76. The molecule has 0 saturated carbocycles. The Balaban J connectivity index is 4.81. The molecule has 6 heteroatoms. The molecule has 0 radical (unpaired) electrons. The van der Waals surface area contributed by atoms with Gasteiger partial charge in [0, 0.05) is 24.8 Å². The van der Waals surface area contributed by atoms with E-state index >= 15 is 0 Å². The van der Waals surface area contributed by atoms with Crippen molar-refractivity contribution in [2.75, 3.05) is 24.8 Å². The van der Waals surface area contributed by atoms with Gasteiger partial charge in [0.05, 0.1) is 4.75 Å². The molecule has 0 rings (SSSR count). The quantitative estimate of drug-likeness (QED) is 0.709. The predicted octanol–water partition coefficient (Wildman–Crippen LogP) is 1.89. The normalized spacial score (nSPS) is 13.6. The molecule has 3 nitrogen and oxygen atoms in total. The van der Waals surface area contributed by atoms with Crippen LogP contribution in [0.3, 0.4) is 0 Å². The second-order valence-electron chi connectivity index (χ2n) is 3.89. The summed E-state index contributed by atoms with van der Waals surface area (Å²) in [5.74, 6) is 0.568. The van der Waals surface area contributed by atoms with Gasteiger partial charge in [-0.05, 0) is 20.8 Å². The van der Waals surface area contributed by atoms with E-state index in [1.54, 1.807) is 20.8 Å². The van der Waals surface area contributed by atoms with Crippen LogP contribution >= 0.6 is 23.2 Å².